The molecule has 0 spiro atoms. The molecule has 1 aliphatic carbocycles. The van der Waals surface area contributed by atoms with E-state index in [1.807, 2.05) is 0 Å². The van der Waals surface area contributed by atoms with Crippen LogP contribution in [-0.4, -0.2) is 31.6 Å². The fourth-order valence-corrected chi connectivity index (χ4v) is 2.73. The lowest BCUT2D eigenvalue weighted by Crippen LogP contribution is -2.41. The lowest BCUT2D eigenvalue weighted by atomic mass is 9.76. The first-order chi connectivity index (χ1) is 6.63. The summed E-state index contributed by atoms with van der Waals surface area (Å²) in [5.74, 6) is 1.68. The molecule has 14 heavy (non-hydrogen) atoms. The van der Waals surface area contributed by atoms with Crippen LogP contribution in [-0.2, 0) is 0 Å². The van der Waals surface area contributed by atoms with Crippen molar-refractivity contribution < 1.29 is 0 Å². The molecule has 3 atom stereocenters. The van der Waals surface area contributed by atoms with E-state index in [1.54, 1.807) is 0 Å². The second-order valence-electron chi connectivity index (χ2n) is 5.15. The van der Waals surface area contributed by atoms with Gasteiger partial charge in [-0.1, -0.05) is 19.8 Å². The molecule has 0 aromatic heterocycles. The van der Waals surface area contributed by atoms with E-state index in [4.69, 9.17) is 5.73 Å². The molecule has 0 amide bonds. The predicted octanol–water partition coefficient (Wildman–Crippen LogP) is 2.09. The number of rotatable bonds is 4. The Balaban J connectivity index is 2.38. The molecule has 1 fully saturated rings. The zero-order valence-corrected chi connectivity index (χ0v) is 10.00. The highest BCUT2D eigenvalue weighted by Gasteiger charge is 2.27. The van der Waals surface area contributed by atoms with Crippen molar-refractivity contribution in [3.05, 3.63) is 0 Å². The second kappa shape index (κ2) is 5.72. The summed E-state index contributed by atoms with van der Waals surface area (Å²) in [6, 6.07) is 0.450. The van der Waals surface area contributed by atoms with Gasteiger partial charge >= 0.3 is 0 Å². The third kappa shape index (κ3) is 3.58. The van der Waals surface area contributed by atoms with Crippen LogP contribution in [0.25, 0.3) is 0 Å². The number of nitrogens with zero attached hydrogens (tertiary/aromatic N) is 1. The first-order valence-corrected chi connectivity index (χ1v) is 6.03. The summed E-state index contributed by atoms with van der Waals surface area (Å²) in [7, 11) is 4.30. The maximum atomic E-state index is 6.16. The van der Waals surface area contributed by atoms with Gasteiger partial charge in [0.2, 0.25) is 0 Å². The third-order valence-corrected chi connectivity index (χ3v) is 3.45. The average Bonchev–Trinajstić information content (AvgIpc) is 2.10. The lowest BCUT2D eigenvalue weighted by molar-refractivity contribution is 0.182. The molecule has 2 nitrogen and oxygen atoms in total. The highest BCUT2D eigenvalue weighted by atomic mass is 15.1. The Bertz CT molecular complexity index is 156. The van der Waals surface area contributed by atoms with E-state index in [1.165, 1.54) is 38.6 Å². The minimum atomic E-state index is 0.450. The maximum Gasteiger partial charge on any atom is 0.00795 e. The molecule has 0 heterocycles. The average molecular weight is 198 g/mol. The summed E-state index contributed by atoms with van der Waals surface area (Å²) in [4.78, 5) is 2.28. The van der Waals surface area contributed by atoms with E-state index >= 15 is 0 Å². The smallest absolute Gasteiger partial charge is 0.00795 e. The summed E-state index contributed by atoms with van der Waals surface area (Å²) >= 11 is 0. The van der Waals surface area contributed by atoms with Gasteiger partial charge in [-0.2, -0.15) is 0 Å². The van der Waals surface area contributed by atoms with Gasteiger partial charge in [0.05, 0.1) is 0 Å². The van der Waals surface area contributed by atoms with Gasteiger partial charge in [-0.3, -0.25) is 0 Å². The van der Waals surface area contributed by atoms with Gasteiger partial charge in [0.1, 0.15) is 0 Å². The van der Waals surface area contributed by atoms with Crippen LogP contribution in [0, 0.1) is 11.8 Å². The normalized spacial score (nSPS) is 33.6. The molecular formula is C12H26N2. The summed E-state index contributed by atoms with van der Waals surface area (Å²) in [5.41, 5.74) is 6.16. The van der Waals surface area contributed by atoms with Crippen molar-refractivity contribution >= 4 is 0 Å². The third-order valence-electron chi connectivity index (χ3n) is 3.45. The fraction of sp³-hybridized carbons (Fsp3) is 1.00. The van der Waals surface area contributed by atoms with Crippen molar-refractivity contribution in [1.29, 1.82) is 0 Å². The van der Waals surface area contributed by atoms with Gasteiger partial charge in [-0.05, 0) is 45.2 Å². The van der Waals surface area contributed by atoms with Gasteiger partial charge in [0.25, 0.3) is 0 Å². The van der Waals surface area contributed by atoms with Crippen molar-refractivity contribution in [2.75, 3.05) is 20.6 Å². The Morgan fingerprint density at radius 3 is 2.57 bits per heavy atom. The van der Waals surface area contributed by atoms with Crippen LogP contribution in [0.15, 0.2) is 0 Å². The molecule has 0 bridgehead atoms. The van der Waals surface area contributed by atoms with E-state index < -0.39 is 0 Å². The zero-order chi connectivity index (χ0) is 10.6. The lowest BCUT2D eigenvalue weighted by Gasteiger charge is -2.35. The van der Waals surface area contributed by atoms with Gasteiger partial charge in [0, 0.05) is 12.6 Å². The van der Waals surface area contributed by atoms with E-state index in [0.717, 1.165) is 11.8 Å². The first kappa shape index (κ1) is 12.0. The van der Waals surface area contributed by atoms with Crippen molar-refractivity contribution in [3.8, 4) is 0 Å². The van der Waals surface area contributed by atoms with Gasteiger partial charge in [0.15, 0.2) is 0 Å². The van der Waals surface area contributed by atoms with E-state index in [-0.39, 0.29) is 0 Å². The molecular weight excluding hydrogens is 172 g/mol. The quantitative estimate of drug-likeness (QED) is 0.749. The summed E-state index contributed by atoms with van der Waals surface area (Å²) in [5, 5.41) is 0. The van der Waals surface area contributed by atoms with Crippen LogP contribution in [0.5, 0.6) is 0 Å². The molecule has 3 unspecified atom stereocenters. The van der Waals surface area contributed by atoms with E-state index in [9.17, 15) is 0 Å². The SMILES string of the molecule is CCCC1CCC(N)C(CN(C)C)C1. The topological polar surface area (TPSA) is 29.3 Å². The zero-order valence-electron chi connectivity index (χ0n) is 10.00. The standard InChI is InChI=1S/C12H26N2/c1-4-5-10-6-7-12(13)11(8-10)9-14(2)3/h10-12H,4-9,13H2,1-3H3. The number of hydrogen-bond donors (Lipinski definition) is 1. The summed E-state index contributed by atoms with van der Waals surface area (Å²) in [6.07, 6.45) is 6.68. The Morgan fingerprint density at radius 1 is 1.29 bits per heavy atom. The molecule has 0 aliphatic heterocycles. The summed E-state index contributed by atoms with van der Waals surface area (Å²) < 4.78 is 0. The molecule has 0 radical (unpaired) electrons. The molecule has 1 saturated carbocycles. The molecule has 84 valence electrons. The van der Waals surface area contributed by atoms with Crippen LogP contribution in [0.4, 0.5) is 0 Å². The van der Waals surface area contributed by atoms with Gasteiger partial charge < -0.3 is 10.6 Å². The van der Waals surface area contributed by atoms with Gasteiger partial charge in [-0.15, -0.1) is 0 Å². The molecule has 2 N–H and O–H groups in total. The van der Waals surface area contributed by atoms with Crippen LogP contribution in [0.1, 0.15) is 39.0 Å². The second-order valence-corrected chi connectivity index (χ2v) is 5.15. The Hall–Kier alpha value is -0.0800. The fourth-order valence-electron chi connectivity index (χ4n) is 2.73. The van der Waals surface area contributed by atoms with Crippen LogP contribution >= 0.6 is 0 Å². The maximum absolute atomic E-state index is 6.16. The van der Waals surface area contributed by atoms with E-state index in [0.29, 0.717) is 6.04 Å². The predicted molar refractivity (Wildman–Crippen MR) is 62.3 cm³/mol. The van der Waals surface area contributed by atoms with Crippen LogP contribution in [0.3, 0.4) is 0 Å². The molecule has 1 rings (SSSR count). The molecule has 2 heteroatoms. The highest BCUT2D eigenvalue weighted by molar-refractivity contribution is 4.83. The monoisotopic (exact) mass is 198 g/mol. The summed E-state index contributed by atoms with van der Waals surface area (Å²) in [6.45, 7) is 3.46. The van der Waals surface area contributed by atoms with Crippen molar-refractivity contribution in [2.45, 2.75) is 45.1 Å². The molecule has 1 aliphatic rings. The number of hydrogen-bond acceptors (Lipinski definition) is 2. The molecule has 0 saturated heterocycles. The minimum absolute atomic E-state index is 0.450. The minimum Gasteiger partial charge on any atom is -0.327 e. The largest absolute Gasteiger partial charge is 0.327 e. The van der Waals surface area contributed by atoms with Gasteiger partial charge in [-0.25, -0.2) is 0 Å². The Morgan fingerprint density at radius 2 is 2.00 bits per heavy atom. The van der Waals surface area contributed by atoms with Crippen molar-refractivity contribution in [1.82, 2.24) is 4.90 Å². The molecule has 0 aromatic carbocycles. The van der Waals surface area contributed by atoms with Crippen molar-refractivity contribution in [2.24, 2.45) is 17.6 Å². The van der Waals surface area contributed by atoms with Crippen LogP contribution < -0.4 is 5.73 Å². The first-order valence-electron chi connectivity index (χ1n) is 6.03. The van der Waals surface area contributed by atoms with Crippen molar-refractivity contribution in [3.63, 3.8) is 0 Å². The Labute approximate surface area is 88.8 Å². The van der Waals surface area contributed by atoms with E-state index in [2.05, 4.69) is 25.9 Å². The number of nitrogens with two attached hydrogens (primary N) is 1. The van der Waals surface area contributed by atoms with Crippen LogP contribution in [0.2, 0.25) is 0 Å². The highest BCUT2D eigenvalue weighted by Crippen LogP contribution is 2.31. The molecule has 0 aromatic rings. The Kier molecular flexibility index (Phi) is 4.90.